The van der Waals surface area contributed by atoms with Crippen LogP contribution in [0.2, 0.25) is 0 Å². The molecule has 30 heavy (non-hydrogen) atoms. The van der Waals surface area contributed by atoms with Crippen LogP contribution in [0.5, 0.6) is 0 Å². The van der Waals surface area contributed by atoms with Gasteiger partial charge in [-0.1, -0.05) is 78.1 Å². The van der Waals surface area contributed by atoms with Gasteiger partial charge >= 0.3 is 5.97 Å². The standard InChI is InChI=1S/C23H20N2O2S2.ClH/c26-20(27)13-14-25(16-19-12-7-15-28-19)23-24-21(17-8-3-1-4-9-17)22(29-23)18-10-5-2-6-11-18;/h1-12,15H,13-14,16H2,(H,26,27);1H. The molecule has 4 nitrogen and oxygen atoms in total. The summed E-state index contributed by atoms with van der Waals surface area (Å²) in [4.78, 5) is 20.5. The van der Waals surface area contributed by atoms with E-state index < -0.39 is 5.97 Å². The van der Waals surface area contributed by atoms with E-state index in [0.29, 0.717) is 13.1 Å². The Bertz CT molecular complexity index is 1010. The Balaban J connectivity index is 0.00000256. The van der Waals surface area contributed by atoms with Crippen molar-refractivity contribution in [2.45, 2.75) is 13.0 Å². The van der Waals surface area contributed by atoms with Gasteiger partial charge in [-0.25, -0.2) is 4.98 Å². The molecule has 0 saturated heterocycles. The lowest BCUT2D eigenvalue weighted by atomic mass is 10.1. The van der Waals surface area contributed by atoms with Gasteiger partial charge in [0.1, 0.15) is 0 Å². The Kier molecular flexibility index (Phi) is 7.63. The Hall–Kier alpha value is -2.67. The molecule has 0 unspecified atom stereocenters. The first kappa shape index (κ1) is 22.0. The molecule has 0 aliphatic carbocycles. The molecule has 0 aliphatic rings. The average molecular weight is 457 g/mol. The maximum Gasteiger partial charge on any atom is 0.305 e. The van der Waals surface area contributed by atoms with Crippen LogP contribution in [0.4, 0.5) is 5.13 Å². The topological polar surface area (TPSA) is 53.4 Å². The van der Waals surface area contributed by atoms with Crippen molar-refractivity contribution < 1.29 is 9.90 Å². The van der Waals surface area contributed by atoms with Gasteiger partial charge in [-0.15, -0.1) is 23.7 Å². The summed E-state index contributed by atoms with van der Waals surface area (Å²) in [5, 5.41) is 12.1. The summed E-state index contributed by atoms with van der Waals surface area (Å²) >= 11 is 3.29. The van der Waals surface area contributed by atoms with Crippen LogP contribution in [-0.4, -0.2) is 22.6 Å². The van der Waals surface area contributed by atoms with Crippen LogP contribution in [0.25, 0.3) is 21.7 Å². The summed E-state index contributed by atoms with van der Waals surface area (Å²) in [6.07, 6.45) is 0.0757. The largest absolute Gasteiger partial charge is 0.481 e. The number of aliphatic carboxylic acids is 1. The first-order chi connectivity index (χ1) is 14.2. The van der Waals surface area contributed by atoms with E-state index in [1.54, 1.807) is 22.7 Å². The summed E-state index contributed by atoms with van der Waals surface area (Å²) in [6, 6.07) is 24.5. The van der Waals surface area contributed by atoms with Gasteiger partial charge < -0.3 is 10.0 Å². The Morgan fingerprint density at radius 2 is 1.60 bits per heavy atom. The first-order valence-corrected chi connectivity index (χ1v) is 11.0. The third-order valence-corrected chi connectivity index (χ3v) is 6.52. The van der Waals surface area contributed by atoms with Crippen molar-refractivity contribution in [3.63, 3.8) is 0 Å². The van der Waals surface area contributed by atoms with E-state index >= 15 is 0 Å². The molecule has 4 aromatic rings. The fourth-order valence-electron chi connectivity index (χ4n) is 3.08. The molecule has 0 saturated carbocycles. The highest BCUT2D eigenvalue weighted by atomic mass is 35.5. The normalized spacial score (nSPS) is 10.4. The minimum absolute atomic E-state index is 0. The minimum atomic E-state index is -0.802. The highest BCUT2D eigenvalue weighted by Gasteiger charge is 2.20. The number of halogens is 1. The second kappa shape index (κ2) is 10.4. The quantitative estimate of drug-likeness (QED) is 0.331. The molecule has 2 heterocycles. The first-order valence-electron chi connectivity index (χ1n) is 9.31. The molecule has 2 aromatic heterocycles. The number of anilines is 1. The zero-order chi connectivity index (χ0) is 20.1. The molecule has 4 rings (SSSR count). The highest BCUT2D eigenvalue weighted by molar-refractivity contribution is 7.19. The van der Waals surface area contributed by atoms with Gasteiger partial charge in [0, 0.05) is 17.0 Å². The molecule has 0 radical (unpaired) electrons. The van der Waals surface area contributed by atoms with Crippen molar-refractivity contribution in [3.8, 4) is 21.7 Å². The summed E-state index contributed by atoms with van der Waals surface area (Å²) < 4.78 is 0. The van der Waals surface area contributed by atoms with Crippen LogP contribution in [0, 0.1) is 0 Å². The number of hydrogen-bond donors (Lipinski definition) is 1. The molecular weight excluding hydrogens is 436 g/mol. The van der Waals surface area contributed by atoms with Gasteiger partial charge in [-0.3, -0.25) is 4.79 Å². The molecule has 0 aliphatic heterocycles. The van der Waals surface area contributed by atoms with E-state index in [9.17, 15) is 9.90 Å². The van der Waals surface area contributed by atoms with E-state index in [4.69, 9.17) is 4.98 Å². The second-order valence-electron chi connectivity index (χ2n) is 6.55. The maximum absolute atomic E-state index is 11.2. The number of thiophene rings is 1. The lowest BCUT2D eigenvalue weighted by Crippen LogP contribution is -2.25. The molecule has 0 spiro atoms. The lowest BCUT2D eigenvalue weighted by Gasteiger charge is -2.20. The van der Waals surface area contributed by atoms with E-state index in [-0.39, 0.29) is 18.8 Å². The smallest absolute Gasteiger partial charge is 0.305 e. The average Bonchev–Trinajstić information content (AvgIpc) is 3.42. The van der Waals surface area contributed by atoms with Gasteiger partial charge in [0.25, 0.3) is 0 Å². The van der Waals surface area contributed by atoms with E-state index in [1.165, 1.54) is 4.88 Å². The molecule has 0 amide bonds. The monoisotopic (exact) mass is 456 g/mol. The van der Waals surface area contributed by atoms with Gasteiger partial charge in [-0.2, -0.15) is 0 Å². The number of rotatable bonds is 8. The fraction of sp³-hybridized carbons (Fsp3) is 0.130. The van der Waals surface area contributed by atoms with Gasteiger partial charge in [0.2, 0.25) is 0 Å². The molecule has 1 N–H and O–H groups in total. The van der Waals surface area contributed by atoms with Crippen molar-refractivity contribution >= 4 is 46.2 Å². The number of benzene rings is 2. The van der Waals surface area contributed by atoms with Crippen molar-refractivity contribution in [2.24, 2.45) is 0 Å². The third kappa shape index (κ3) is 5.27. The summed E-state index contributed by atoms with van der Waals surface area (Å²) in [5.41, 5.74) is 3.11. The maximum atomic E-state index is 11.2. The number of hydrogen-bond acceptors (Lipinski definition) is 5. The third-order valence-electron chi connectivity index (χ3n) is 4.49. The second-order valence-corrected chi connectivity index (χ2v) is 8.56. The highest BCUT2D eigenvalue weighted by Crippen LogP contribution is 2.40. The summed E-state index contributed by atoms with van der Waals surface area (Å²) in [5.74, 6) is -0.802. The SMILES string of the molecule is Cl.O=C(O)CCN(Cc1cccs1)c1nc(-c2ccccc2)c(-c2ccccc2)s1. The number of carboxylic acids is 1. The molecule has 7 heteroatoms. The molecule has 154 valence electrons. The molecule has 2 aromatic carbocycles. The van der Waals surface area contributed by atoms with E-state index in [2.05, 4.69) is 35.2 Å². The van der Waals surface area contributed by atoms with Crippen LogP contribution in [-0.2, 0) is 11.3 Å². The number of carboxylic acid groups (broad SMARTS) is 1. The van der Waals surface area contributed by atoms with Crippen molar-refractivity contribution in [3.05, 3.63) is 83.1 Å². The van der Waals surface area contributed by atoms with Crippen LogP contribution in [0.1, 0.15) is 11.3 Å². The van der Waals surface area contributed by atoms with Crippen molar-refractivity contribution in [1.82, 2.24) is 4.98 Å². The summed E-state index contributed by atoms with van der Waals surface area (Å²) in [7, 11) is 0. The van der Waals surface area contributed by atoms with Crippen LogP contribution >= 0.6 is 35.1 Å². The fourth-order valence-corrected chi connectivity index (χ4v) is 4.92. The minimum Gasteiger partial charge on any atom is -0.481 e. The number of nitrogens with zero attached hydrogens (tertiary/aromatic N) is 2. The van der Waals surface area contributed by atoms with Gasteiger partial charge in [-0.05, 0) is 17.0 Å². The number of carbonyl (C=O) groups is 1. The zero-order valence-electron chi connectivity index (χ0n) is 16.1. The van der Waals surface area contributed by atoms with Crippen LogP contribution in [0.3, 0.4) is 0 Å². The van der Waals surface area contributed by atoms with E-state index in [1.807, 2.05) is 47.8 Å². The molecule has 0 atom stereocenters. The van der Waals surface area contributed by atoms with Gasteiger partial charge in [0.15, 0.2) is 5.13 Å². The molecular formula is C23H21ClN2O2S2. The van der Waals surface area contributed by atoms with Crippen LogP contribution < -0.4 is 4.90 Å². The Labute approximate surface area is 189 Å². The lowest BCUT2D eigenvalue weighted by molar-refractivity contribution is -0.136. The predicted molar refractivity (Wildman–Crippen MR) is 128 cm³/mol. The zero-order valence-corrected chi connectivity index (χ0v) is 18.6. The Morgan fingerprint density at radius 1 is 0.933 bits per heavy atom. The Morgan fingerprint density at radius 3 is 2.20 bits per heavy atom. The molecule has 0 fully saturated rings. The van der Waals surface area contributed by atoms with Crippen LogP contribution in [0.15, 0.2) is 78.2 Å². The van der Waals surface area contributed by atoms with Crippen molar-refractivity contribution in [1.29, 1.82) is 0 Å². The van der Waals surface area contributed by atoms with E-state index in [0.717, 1.165) is 26.8 Å². The summed E-state index contributed by atoms with van der Waals surface area (Å²) in [6.45, 7) is 1.07. The van der Waals surface area contributed by atoms with Crippen molar-refractivity contribution in [2.75, 3.05) is 11.4 Å². The number of thiazole rings is 1. The predicted octanol–water partition coefficient (Wildman–Crippen LogP) is 6.44. The van der Waals surface area contributed by atoms with Gasteiger partial charge in [0.05, 0.1) is 23.5 Å². The number of aromatic nitrogens is 1. The molecule has 0 bridgehead atoms.